The first-order valence-corrected chi connectivity index (χ1v) is 8.88. The fraction of sp³-hybridized carbons (Fsp3) is 0.286. The van der Waals surface area contributed by atoms with Crippen LogP contribution in [0.5, 0.6) is 0 Å². The van der Waals surface area contributed by atoms with Crippen LogP contribution >= 0.6 is 11.5 Å². The van der Waals surface area contributed by atoms with Crippen LogP contribution in [-0.4, -0.2) is 23.9 Å². The van der Waals surface area contributed by atoms with Crippen LogP contribution in [-0.2, 0) is 21.2 Å². The number of aliphatic carboxylic acids is 1. The molecule has 0 saturated heterocycles. The van der Waals surface area contributed by atoms with Gasteiger partial charge >= 0.3 is 5.97 Å². The summed E-state index contributed by atoms with van der Waals surface area (Å²) in [6.07, 6.45) is 2.02. The van der Waals surface area contributed by atoms with E-state index in [9.17, 15) is 13.2 Å². The molecule has 0 saturated carbocycles. The van der Waals surface area contributed by atoms with Gasteiger partial charge in [-0.15, -0.1) is 0 Å². The lowest BCUT2D eigenvalue weighted by Gasteiger charge is -2.12. The number of hydrogen-bond donors (Lipinski definition) is 2. The molecule has 2 aromatic rings. The topological polar surface area (TPSA) is 96.4 Å². The minimum Gasteiger partial charge on any atom is -0.481 e. The van der Waals surface area contributed by atoms with Gasteiger partial charge in [-0.1, -0.05) is 12.1 Å². The van der Waals surface area contributed by atoms with Crippen LogP contribution in [0.25, 0.3) is 0 Å². The van der Waals surface area contributed by atoms with Gasteiger partial charge in [0.05, 0.1) is 10.9 Å². The van der Waals surface area contributed by atoms with E-state index in [0.29, 0.717) is 6.42 Å². The minimum absolute atomic E-state index is 0.0206. The lowest BCUT2D eigenvalue weighted by molar-refractivity contribution is -0.136. The molecular formula is C14H16N2O4S2. The summed E-state index contributed by atoms with van der Waals surface area (Å²) in [7, 11) is -3.62. The lowest BCUT2D eigenvalue weighted by Crippen LogP contribution is -2.26. The van der Waals surface area contributed by atoms with Crippen molar-refractivity contribution in [3.8, 4) is 0 Å². The summed E-state index contributed by atoms with van der Waals surface area (Å²) in [6.45, 7) is 1.76. The maximum absolute atomic E-state index is 12.3. The Balaban J connectivity index is 2.07. The molecule has 22 heavy (non-hydrogen) atoms. The standard InChI is InChI=1S/C14H16N2O4S2/c1-10(13-8-9-15-21-13)16-22(19,20)12-5-2-11(3-6-12)4-7-14(17)18/h2-3,5-6,8-10,16H,4,7H2,1H3,(H,17,18). The third kappa shape index (κ3) is 4.36. The van der Waals surface area contributed by atoms with E-state index in [1.165, 1.54) is 23.7 Å². The second-order valence-corrected chi connectivity index (χ2v) is 7.37. The Morgan fingerprint density at radius 3 is 2.55 bits per heavy atom. The van der Waals surface area contributed by atoms with Crippen molar-refractivity contribution in [3.05, 3.63) is 47.0 Å². The Labute approximate surface area is 133 Å². The van der Waals surface area contributed by atoms with Crippen LogP contribution in [0.4, 0.5) is 0 Å². The van der Waals surface area contributed by atoms with Gasteiger partial charge in [-0.25, -0.2) is 17.5 Å². The van der Waals surface area contributed by atoms with E-state index in [0.717, 1.165) is 10.4 Å². The second-order valence-electron chi connectivity index (χ2n) is 4.80. The molecule has 0 radical (unpaired) electrons. The molecular weight excluding hydrogens is 324 g/mol. The van der Waals surface area contributed by atoms with Gasteiger partial charge < -0.3 is 5.11 Å². The third-order valence-corrected chi connectivity index (χ3v) is 5.56. The van der Waals surface area contributed by atoms with E-state index in [-0.39, 0.29) is 17.4 Å². The van der Waals surface area contributed by atoms with Gasteiger partial charge in [0.15, 0.2) is 0 Å². The lowest BCUT2D eigenvalue weighted by atomic mass is 10.1. The predicted molar refractivity (Wildman–Crippen MR) is 83.2 cm³/mol. The quantitative estimate of drug-likeness (QED) is 0.805. The summed E-state index contributed by atoms with van der Waals surface area (Å²) in [6, 6.07) is 7.65. The molecule has 0 amide bonds. The van der Waals surface area contributed by atoms with Gasteiger partial charge in [0.1, 0.15) is 0 Å². The molecule has 1 unspecified atom stereocenters. The summed E-state index contributed by atoms with van der Waals surface area (Å²) in [5.74, 6) is -0.878. The van der Waals surface area contributed by atoms with Gasteiger partial charge in [-0.05, 0) is 48.6 Å². The molecule has 1 atom stereocenters. The first-order valence-electron chi connectivity index (χ1n) is 6.62. The van der Waals surface area contributed by atoms with Crippen molar-refractivity contribution in [2.24, 2.45) is 0 Å². The molecule has 1 aromatic carbocycles. The van der Waals surface area contributed by atoms with Crippen molar-refractivity contribution in [3.63, 3.8) is 0 Å². The SMILES string of the molecule is CC(NS(=O)(=O)c1ccc(CCC(=O)O)cc1)c1ccns1. The average molecular weight is 340 g/mol. The van der Waals surface area contributed by atoms with E-state index in [4.69, 9.17) is 5.11 Å². The molecule has 2 rings (SSSR count). The molecule has 6 nitrogen and oxygen atoms in total. The first-order chi connectivity index (χ1) is 10.4. The van der Waals surface area contributed by atoms with Crippen LogP contribution in [0.2, 0.25) is 0 Å². The summed E-state index contributed by atoms with van der Waals surface area (Å²) in [4.78, 5) is 11.5. The second kappa shape index (κ2) is 6.99. The Morgan fingerprint density at radius 2 is 2.00 bits per heavy atom. The molecule has 0 fully saturated rings. The normalized spacial score (nSPS) is 13.0. The molecule has 0 spiro atoms. The largest absolute Gasteiger partial charge is 0.481 e. The molecule has 0 bridgehead atoms. The molecule has 1 aromatic heterocycles. The number of rotatable bonds is 7. The fourth-order valence-electron chi connectivity index (χ4n) is 1.89. The molecule has 2 N–H and O–H groups in total. The molecule has 0 aliphatic rings. The Morgan fingerprint density at radius 1 is 1.32 bits per heavy atom. The van der Waals surface area contributed by atoms with Crippen molar-refractivity contribution >= 4 is 27.5 Å². The van der Waals surface area contributed by atoms with E-state index >= 15 is 0 Å². The Bertz CT molecular complexity index is 725. The number of nitrogens with one attached hydrogen (secondary N) is 1. The van der Waals surface area contributed by atoms with Gasteiger partial charge in [0.25, 0.3) is 0 Å². The van der Waals surface area contributed by atoms with Gasteiger partial charge in [-0.3, -0.25) is 4.79 Å². The number of benzene rings is 1. The van der Waals surface area contributed by atoms with Crippen molar-refractivity contribution in [1.29, 1.82) is 0 Å². The van der Waals surface area contributed by atoms with Crippen molar-refractivity contribution < 1.29 is 18.3 Å². The van der Waals surface area contributed by atoms with Crippen molar-refractivity contribution in [1.82, 2.24) is 9.10 Å². The zero-order valence-corrected chi connectivity index (χ0v) is 13.5. The van der Waals surface area contributed by atoms with Gasteiger partial charge in [-0.2, -0.15) is 0 Å². The summed E-state index contributed by atoms with van der Waals surface area (Å²) in [5.41, 5.74) is 0.789. The highest BCUT2D eigenvalue weighted by molar-refractivity contribution is 7.89. The highest BCUT2D eigenvalue weighted by Gasteiger charge is 2.19. The first kappa shape index (κ1) is 16.6. The zero-order chi connectivity index (χ0) is 16.2. The van der Waals surface area contributed by atoms with Crippen LogP contribution in [0.1, 0.15) is 29.8 Å². The van der Waals surface area contributed by atoms with Crippen LogP contribution in [0, 0.1) is 0 Å². The van der Waals surface area contributed by atoms with Crippen molar-refractivity contribution in [2.75, 3.05) is 0 Å². The number of carbonyl (C=O) groups is 1. The zero-order valence-electron chi connectivity index (χ0n) is 11.9. The molecule has 0 aliphatic carbocycles. The third-order valence-electron chi connectivity index (χ3n) is 3.08. The molecule has 0 aliphatic heterocycles. The van der Waals surface area contributed by atoms with Crippen LogP contribution in [0.15, 0.2) is 41.4 Å². The van der Waals surface area contributed by atoms with E-state index in [1.807, 2.05) is 0 Å². The summed E-state index contributed by atoms with van der Waals surface area (Å²) >= 11 is 1.25. The maximum Gasteiger partial charge on any atom is 0.303 e. The minimum atomic E-state index is -3.62. The van der Waals surface area contributed by atoms with Crippen LogP contribution < -0.4 is 4.72 Å². The van der Waals surface area contributed by atoms with E-state index < -0.39 is 16.0 Å². The predicted octanol–water partition coefficient (Wildman–Crippen LogP) is 2.20. The number of sulfonamides is 1. The Hall–Kier alpha value is -1.77. The number of aromatic nitrogens is 1. The van der Waals surface area contributed by atoms with Gasteiger partial charge in [0.2, 0.25) is 10.0 Å². The fourth-order valence-corrected chi connectivity index (χ4v) is 3.77. The number of aryl methyl sites for hydroxylation is 1. The van der Waals surface area contributed by atoms with Crippen molar-refractivity contribution in [2.45, 2.75) is 30.7 Å². The van der Waals surface area contributed by atoms with Crippen LogP contribution in [0.3, 0.4) is 0 Å². The number of nitrogens with zero attached hydrogens (tertiary/aromatic N) is 1. The number of hydrogen-bond acceptors (Lipinski definition) is 5. The highest BCUT2D eigenvalue weighted by Crippen LogP contribution is 2.19. The van der Waals surface area contributed by atoms with E-state index in [1.54, 1.807) is 31.3 Å². The average Bonchev–Trinajstić information content (AvgIpc) is 2.99. The maximum atomic E-state index is 12.3. The molecule has 118 valence electrons. The number of carboxylic acids is 1. The monoisotopic (exact) mass is 340 g/mol. The van der Waals surface area contributed by atoms with Gasteiger partial charge in [0, 0.05) is 17.5 Å². The highest BCUT2D eigenvalue weighted by atomic mass is 32.2. The Kier molecular flexibility index (Phi) is 5.28. The molecule has 1 heterocycles. The number of carboxylic acid groups (broad SMARTS) is 1. The smallest absolute Gasteiger partial charge is 0.303 e. The molecule has 8 heteroatoms. The summed E-state index contributed by atoms with van der Waals surface area (Å²) < 4.78 is 31.1. The summed E-state index contributed by atoms with van der Waals surface area (Å²) in [5, 5.41) is 8.64. The van der Waals surface area contributed by atoms with E-state index in [2.05, 4.69) is 9.10 Å².